The Hall–Kier alpha value is -1.80. The fraction of sp³-hybridized carbons (Fsp3) is 0.429. The van der Waals surface area contributed by atoms with Crippen molar-refractivity contribution in [1.29, 1.82) is 0 Å². The van der Waals surface area contributed by atoms with Crippen LogP contribution in [0.4, 0.5) is 0 Å². The Morgan fingerprint density at radius 2 is 1.91 bits per heavy atom. The Morgan fingerprint density at radius 3 is 2.70 bits per heavy atom. The first-order valence-corrected chi connectivity index (χ1v) is 8.66. The predicted octanol–water partition coefficient (Wildman–Crippen LogP) is 4.29. The van der Waals surface area contributed by atoms with Gasteiger partial charge in [0.15, 0.2) is 0 Å². The standard InChI is InChI=1S/C21H27NO/c1-22(15-14-17-8-4-3-5-9-17)16-18-10-6-12-20-19(18)11-7-13-21(20)23-2/h3-5,7-9,11,13,18H,6,10,12,14-16H2,1-2H3. The van der Waals surface area contributed by atoms with E-state index in [0.717, 1.165) is 31.7 Å². The maximum Gasteiger partial charge on any atom is 0.122 e. The summed E-state index contributed by atoms with van der Waals surface area (Å²) in [6, 6.07) is 17.3. The van der Waals surface area contributed by atoms with Crippen LogP contribution in [0.2, 0.25) is 0 Å². The Labute approximate surface area is 140 Å². The Balaban J connectivity index is 1.63. The van der Waals surface area contributed by atoms with E-state index < -0.39 is 0 Å². The van der Waals surface area contributed by atoms with Crippen LogP contribution in [0.1, 0.15) is 35.4 Å². The Morgan fingerprint density at radius 1 is 1.09 bits per heavy atom. The normalized spacial score (nSPS) is 17.1. The van der Waals surface area contributed by atoms with Crippen LogP contribution in [0.3, 0.4) is 0 Å². The van der Waals surface area contributed by atoms with Gasteiger partial charge in [0.1, 0.15) is 5.75 Å². The molecular formula is C21H27NO. The first kappa shape index (κ1) is 16.1. The highest BCUT2D eigenvalue weighted by molar-refractivity contribution is 5.43. The van der Waals surface area contributed by atoms with Crippen LogP contribution < -0.4 is 4.74 Å². The molecule has 1 unspecified atom stereocenters. The molecule has 3 rings (SSSR count). The van der Waals surface area contributed by atoms with Crippen LogP contribution in [0.15, 0.2) is 48.5 Å². The molecule has 0 radical (unpaired) electrons. The van der Waals surface area contributed by atoms with Crippen molar-refractivity contribution < 1.29 is 4.74 Å². The van der Waals surface area contributed by atoms with E-state index in [1.165, 1.54) is 29.5 Å². The smallest absolute Gasteiger partial charge is 0.122 e. The third kappa shape index (κ3) is 3.94. The average Bonchev–Trinajstić information content (AvgIpc) is 2.60. The molecule has 2 heteroatoms. The molecule has 0 spiro atoms. The summed E-state index contributed by atoms with van der Waals surface area (Å²) in [5.41, 5.74) is 4.36. The largest absolute Gasteiger partial charge is 0.496 e. The van der Waals surface area contributed by atoms with Crippen molar-refractivity contribution in [2.45, 2.75) is 31.6 Å². The van der Waals surface area contributed by atoms with Crippen molar-refractivity contribution in [2.75, 3.05) is 27.2 Å². The van der Waals surface area contributed by atoms with E-state index in [-0.39, 0.29) is 0 Å². The quantitative estimate of drug-likeness (QED) is 0.789. The highest BCUT2D eigenvalue weighted by atomic mass is 16.5. The van der Waals surface area contributed by atoms with Crippen molar-refractivity contribution in [3.8, 4) is 5.75 Å². The average molecular weight is 309 g/mol. The van der Waals surface area contributed by atoms with Gasteiger partial charge < -0.3 is 9.64 Å². The summed E-state index contributed by atoms with van der Waals surface area (Å²) in [6.07, 6.45) is 4.83. The zero-order chi connectivity index (χ0) is 16.1. The van der Waals surface area contributed by atoms with Crippen molar-refractivity contribution in [3.63, 3.8) is 0 Å². The van der Waals surface area contributed by atoms with Crippen molar-refractivity contribution in [1.82, 2.24) is 4.90 Å². The number of hydrogen-bond acceptors (Lipinski definition) is 2. The number of benzene rings is 2. The monoisotopic (exact) mass is 309 g/mol. The van der Waals surface area contributed by atoms with Crippen LogP contribution in [-0.2, 0) is 12.8 Å². The first-order valence-electron chi connectivity index (χ1n) is 8.66. The molecule has 0 saturated heterocycles. The SMILES string of the molecule is COc1cccc2c1CCCC2CN(C)CCc1ccccc1. The summed E-state index contributed by atoms with van der Waals surface area (Å²) < 4.78 is 5.56. The van der Waals surface area contributed by atoms with Gasteiger partial charge in [0.2, 0.25) is 0 Å². The second-order valence-electron chi connectivity index (χ2n) is 6.62. The van der Waals surface area contributed by atoms with Crippen LogP contribution >= 0.6 is 0 Å². The third-order valence-electron chi connectivity index (χ3n) is 4.97. The van der Waals surface area contributed by atoms with Gasteiger partial charge in [0, 0.05) is 13.1 Å². The molecule has 122 valence electrons. The van der Waals surface area contributed by atoms with Gasteiger partial charge in [-0.2, -0.15) is 0 Å². The number of fused-ring (bicyclic) bond motifs is 1. The molecule has 1 aliphatic rings. The maximum absolute atomic E-state index is 5.56. The molecule has 0 aliphatic heterocycles. The fourth-order valence-corrected chi connectivity index (χ4v) is 3.73. The van der Waals surface area contributed by atoms with Crippen LogP contribution in [0, 0.1) is 0 Å². The van der Waals surface area contributed by atoms with E-state index in [9.17, 15) is 0 Å². The summed E-state index contributed by atoms with van der Waals surface area (Å²) in [7, 11) is 4.03. The number of likely N-dealkylation sites (N-methyl/N-ethyl adjacent to an activating group) is 1. The molecule has 0 saturated carbocycles. The molecule has 0 amide bonds. The van der Waals surface area contributed by atoms with E-state index in [2.05, 4.69) is 60.5 Å². The summed E-state index contributed by atoms with van der Waals surface area (Å²) in [4.78, 5) is 2.48. The van der Waals surface area contributed by atoms with Crippen molar-refractivity contribution in [2.24, 2.45) is 0 Å². The third-order valence-corrected chi connectivity index (χ3v) is 4.97. The van der Waals surface area contributed by atoms with Gasteiger partial charge in [-0.3, -0.25) is 0 Å². The molecule has 2 aromatic rings. The maximum atomic E-state index is 5.56. The second-order valence-corrected chi connectivity index (χ2v) is 6.62. The van der Waals surface area contributed by atoms with Crippen LogP contribution in [-0.4, -0.2) is 32.1 Å². The highest BCUT2D eigenvalue weighted by Gasteiger charge is 2.23. The zero-order valence-corrected chi connectivity index (χ0v) is 14.3. The summed E-state index contributed by atoms with van der Waals surface area (Å²) in [6.45, 7) is 2.24. The molecule has 1 aliphatic carbocycles. The first-order chi connectivity index (χ1) is 11.3. The molecule has 23 heavy (non-hydrogen) atoms. The van der Waals surface area contributed by atoms with E-state index in [1.54, 1.807) is 7.11 Å². The Kier molecular flexibility index (Phi) is 5.35. The lowest BCUT2D eigenvalue weighted by Crippen LogP contribution is -2.28. The van der Waals surface area contributed by atoms with Crippen molar-refractivity contribution >= 4 is 0 Å². The van der Waals surface area contributed by atoms with Gasteiger partial charge in [-0.1, -0.05) is 42.5 Å². The lowest BCUT2D eigenvalue weighted by atomic mass is 9.82. The van der Waals surface area contributed by atoms with Gasteiger partial charge in [-0.15, -0.1) is 0 Å². The van der Waals surface area contributed by atoms with E-state index in [1.807, 2.05) is 0 Å². The summed E-state index contributed by atoms with van der Waals surface area (Å²) in [5.74, 6) is 1.70. The second kappa shape index (κ2) is 7.65. The van der Waals surface area contributed by atoms with Crippen LogP contribution in [0.25, 0.3) is 0 Å². The van der Waals surface area contributed by atoms with Gasteiger partial charge in [0.25, 0.3) is 0 Å². The molecule has 0 heterocycles. The lowest BCUT2D eigenvalue weighted by Gasteiger charge is -2.30. The van der Waals surface area contributed by atoms with E-state index in [4.69, 9.17) is 4.74 Å². The minimum Gasteiger partial charge on any atom is -0.496 e. The van der Waals surface area contributed by atoms with Gasteiger partial charge in [-0.05, 0) is 61.4 Å². The number of nitrogens with zero attached hydrogens (tertiary/aromatic N) is 1. The molecule has 0 aromatic heterocycles. The molecular weight excluding hydrogens is 282 g/mol. The number of rotatable bonds is 6. The topological polar surface area (TPSA) is 12.5 Å². The molecule has 1 atom stereocenters. The fourth-order valence-electron chi connectivity index (χ4n) is 3.73. The summed E-state index contributed by atoms with van der Waals surface area (Å²) in [5, 5.41) is 0. The molecule has 0 bridgehead atoms. The minimum atomic E-state index is 0.634. The van der Waals surface area contributed by atoms with E-state index >= 15 is 0 Å². The summed E-state index contributed by atoms with van der Waals surface area (Å²) >= 11 is 0. The van der Waals surface area contributed by atoms with Gasteiger partial charge in [-0.25, -0.2) is 0 Å². The molecule has 2 aromatic carbocycles. The molecule has 2 nitrogen and oxygen atoms in total. The molecule has 0 fully saturated rings. The van der Waals surface area contributed by atoms with Crippen LogP contribution in [0.5, 0.6) is 5.75 Å². The number of methoxy groups -OCH3 is 1. The predicted molar refractivity (Wildman–Crippen MR) is 96.3 cm³/mol. The lowest BCUT2D eigenvalue weighted by molar-refractivity contribution is 0.299. The number of ether oxygens (including phenoxy) is 1. The van der Waals surface area contributed by atoms with E-state index in [0.29, 0.717) is 5.92 Å². The minimum absolute atomic E-state index is 0.634. The zero-order valence-electron chi connectivity index (χ0n) is 14.3. The van der Waals surface area contributed by atoms with Crippen molar-refractivity contribution in [3.05, 3.63) is 65.2 Å². The molecule has 0 N–H and O–H groups in total. The van der Waals surface area contributed by atoms with Gasteiger partial charge in [0.05, 0.1) is 7.11 Å². The highest BCUT2D eigenvalue weighted by Crippen LogP contribution is 2.36. The Bertz CT molecular complexity index is 623. The number of hydrogen-bond donors (Lipinski definition) is 0. The van der Waals surface area contributed by atoms with Gasteiger partial charge >= 0.3 is 0 Å².